The van der Waals surface area contributed by atoms with Gasteiger partial charge in [0.2, 0.25) is 10.0 Å². The molecular formula is C15H17NO4S2. The molecule has 22 heavy (non-hydrogen) atoms. The lowest BCUT2D eigenvalue weighted by atomic mass is 10.2. The van der Waals surface area contributed by atoms with Gasteiger partial charge in [0.25, 0.3) is 0 Å². The largest absolute Gasteiger partial charge is 0.480 e. The fourth-order valence-electron chi connectivity index (χ4n) is 3.07. The number of sulfonamides is 1. The molecule has 5 nitrogen and oxygen atoms in total. The molecule has 118 valence electrons. The van der Waals surface area contributed by atoms with Crippen LogP contribution in [0.4, 0.5) is 0 Å². The minimum atomic E-state index is -3.80. The summed E-state index contributed by atoms with van der Waals surface area (Å²) in [5.41, 5.74) is 1.03. The molecule has 0 bridgehead atoms. The van der Waals surface area contributed by atoms with Crippen LogP contribution in [0.5, 0.6) is 0 Å². The maximum absolute atomic E-state index is 13.0. The van der Waals surface area contributed by atoms with Gasteiger partial charge in [0.05, 0.1) is 0 Å². The van der Waals surface area contributed by atoms with Gasteiger partial charge in [-0.1, -0.05) is 18.2 Å². The molecule has 2 heterocycles. The van der Waals surface area contributed by atoms with E-state index in [4.69, 9.17) is 0 Å². The molecule has 1 atom stereocenters. The van der Waals surface area contributed by atoms with Crippen molar-refractivity contribution in [2.75, 3.05) is 6.54 Å². The highest BCUT2D eigenvalue weighted by Crippen LogP contribution is 2.39. The number of carboxylic acid groups (broad SMARTS) is 1. The Labute approximate surface area is 133 Å². The van der Waals surface area contributed by atoms with E-state index in [9.17, 15) is 18.3 Å². The second-order valence-corrected chi connectivity index (χ2v) is 8.60. The Morgan fingerprint density at radius 3 is 2.77 bits per heavy atom. The summed E-state index contributed by atoms with van der Waals surface area (Å²) in [5.74, 6) is -1.07. The zero-order valence-electron chi connectivity index (χ0n) is 12.4. The summed E-state index contributed by atoms with van der Waals surface area (Å²) in [5, 5.41) is 9.96. The van der Waals surface area contributed by atoms with Gasteiger partial charge in [0.15, 0.2) is 0 Å². The van der Waals surface area contributed by atoms with Crippen LogP contribution < -0.4 is 0 Å². The zero-order valence-corrected chi connectivity index (χ0v) is 14.0. The van der Waals surface area contributed by atoms with Crippen molar-refractivity contribution in [1.29, 1.82) is 0 Å². The fourth-order valence-corrected chi connectivity index (χ4v) is 6.54. The number of benzene rings is 1. The first-order valence-electron chi connectivity index (χ1n) is 7.07. The average molecular weight is 339 g/mol. The fraction of sp³-hybridized carbons (Fsp3) is 0.400. The Hall–Kier alpha value is -1.44. The Balaban J connectivity index is 2.20. The number of carboxylic acids is 1. The summed E-state index contributed by atoms with van der Waals surface area (Å²) in [6, 6.07) is 4.63. The van der Waals surface area contributed by atoms with Gasteiger partial charge in [-0.25, -0.2) is 8.42 Å². The molecule has 0 radical (unpaired) electrons. The molecule has 0 saturated carbocycles. The van der Waals surface area contributed by atoms with Crippen molar-refractivity contribution in [2.45, 2.75) is 37.6 Å². The predicted molar refractivity (Wildman–Crippen MR) is 85.8 cm³/mol. The van der Waals surface area contributed by atoms with Gasteiger partial charge in [-0.3, -0.25) is 4.79 Å². The van der Waals surface area contributed by atoms with Crippen LogP contribution in [0.15, 0.2) is 23.1 Å². The first kappa shape index (κ1) is 15.5. The van der Waals surface area contributed by atoms with Crippen molar-refractivity contribution >= 4 is 37.4 Å². The smallest absolute Gasteiger partial charge is 0.322 e. The van der Waals surface area contributed by atoms with E-state index in [1.54, 1.807) is 13.0 Å². The van der Waals surface area contributed by atoms with E-state index in [0.717, 1.165) is 14.6 Å². The van der Waals surface area contributed by atoms with Crippen LogP contribution in [0.1, 0.15) is 23.3 Å². The molecule has 1 aliphatic rings. The van der Waals surface area contributed by atoms with Gasteiger partial charge in [0.1, 0.15) is 10.9 Å². The van der Waals surface area contributed by atoms with Crippen molar-refractivity contribution < 1.29 is 18.3 Å². The van der Waals surface area contributed by atoms with Gasteiger partial charge in [0, 0.05) is 21.5 Å². The van der Waals surface area contributed by atoms with Crippen molar-refractivity contribution in [3.63, 3.8) is 0 Å². The first-order chi connectivity index (χ1) is 10.3. The van der Waals surface area contributed by atoms with E-state index in [1.165, 1.54) is 11.3 Å². The summed E-state index contributed by atoms with van der Waals surface area (Å²) in [7, 11) is -3.80. The van der Waals surface area contributed by atoms with E-state index in [2.05, 4.69) is 0 Å². The van der Waals surface area contributed by atoms with Crippen molar-refractivity contribution in [3.05, 3.63) is 28.6 Å². The highest BCUT2D eigenvalue weighted by Gasteiger charge is 2.41. The summed E-state index contributed by atoms with van der Waals surface area (Å²) >= 11 is 1.45. The third kappa shape index (κ3) is 2.24. The van der Waals surface area contributed by atoms with Crippen molar-refractivity contribution in [3.8, 4) is 0 Å². The SMILES string of the molecule is Cc1sc2c(C)cccc2c1S(=O)(=O)N1CCCC1C(=O)O. The van der Waals surface area contributed by atoms with Crippen LogP contribution in [0, 0.1) is 13.8 Å². The Bertz CT molecular complexity index is 854. The summed E-state index contributed by atoms with van der Waals surface area (Å²) < 4.78 is 28.1. The number of nitrogens with zero attached hydrogens (tertiary/aromatic N) is 1. The van der Waals surface area contributed by atoms with Crippen LogP contribution >= 0.6 is 11.3 Å². The molecule has 1 aliphatic heterocycles. The lowest BCUT2D eigenvalue weighted by Gasteiger charge is -2.21. The summed E-state index contributed by atoms with van der Waals surface area (Å²) in [6.07, 6.45) is 0.949. The molecule has 0 aliphatic carbocycles. The Morgan fingerprint density at radius 1 is 1.36 bits per heavy atom. The van der Waals surface area contributed by atoms with Crippen LogP contribution in [-0.2, 0) is 14.8 Å². The number of thiophene rings is 1. The maximum atomic E-state index is 13.0. The number of rotatable bonds is 3. The minimum Gasteiger partial charge on any atom is -0.480 e. The molecule has 1 unspecified atom stereocenters. The highest BCUT2D eigenvalue weighted by atomic mass is 32.2. The number of aryl methyl sites for hydroxylation is 2. The lowest BCUT2D eigenvalue weighted by Crippen LogP contribution is -2.40. The van der Waals surface area contributed by atoms with Crippen LogP contribution in [0.2, 0.25) is 0 Å². The molecule has 1 N–H and O–H groups in total. The van der Waals surface area contributed by atoms with E-state index < -0.39 is 22.0 Å². The molecule has 7 heteroatoms. The molecule has 0 amide bonds. The number of fused-ring (bicyclic) bond motifs is 1. The Kier molecular flexibility index (Phi) is 3.74. The third-order valence-electron chi connectivity index (χ3n) is 4.09. The molecule has 1 aromatic carbocycles. The van der Waals surface area contributed by atoms with E-state index in [0.29, 0.717) is 23.1 Å². The number of aliphatic carboxylic acids is 1. The molecule has 3 rings (SSSR count). The lowest BCUT2D eigenvalue weighted by molar-refractivity contribution is -0.140. The standard InChI is InChI=1S/C15H17NO4S2/c1-9-5-3-6-11-13(9)21-10(2)14(11)22(19,20)16-8-4-7-12(16)15(17)18/h3,5-6,12H,4,7-8H2,1-2H3,(H,17,18). The van der Waals surface area contributed by atoms with Gasteiger partial charge in [-0.15, -0.1) is 11.3 Å². The molecule has 1 saturated heterocycles. The molecule has 2 aromatic rings. The molecular weight excluding hydrogens is 322 g/mol. The van der Waals surface area contributed by atoms with E-state index in [-0.39, 0.29) is 11.4 Å². The quantitative estimate of drug-likeness (QED) is 0.933. The number of hydrogen-bond donors (Lipinski definition) is 1. The normalized spacial score (nSPS) is 19.8. The second-order valence-electron chi connectivity index (χ2n) is 5.55. The van der Waals surface area contributed by atoms with E-state index in [1.807, 2.05) is 19.1 Å². The molecule has 0 spiro atoms. The summed E-state index contributed by atoms with van der Waals surface area (Å²) in [4.78, 5) is 12.3. The first-order valence-corrected chi connectivity index (χ1v) is 9.33. The average Bonchev–Trinajstić information content (AvgIpc) is 3.03. The maximum Gasteiger partial charge on any atom is 0.322 e. The predicted octanol–water partition coefficient (Wildman–Crippen LogP) is 2.76. The topological polar surface area (TPSA) is 74.7 Å². The van der Waals surface area contributed by atoms with Crippen molar-refractivity contribution in [2.24, 2.45) is 0 Å². The van der Waals surface area contributed by atoms with Crippen LogP contribution in [0.3, 0.4) is 0 Å². The Morgan fingerprint density at radius 2 is 2.09 bits per heavy atom. The number of carbonyl (C=O) groups is 1. The number of hydrogen-bond acceptors (Lipinski definition) is 4. The van der Waals surface area contributed by atoms with Gasteiger partial charge in [-0.05, 0) is 32.3 Å². The minimum absolute atomic E-state index is 0.266. The van der Waals surface area contributed by atoms with Gasteiger partial charge >= 0.3 is 5.97 Å². The zero-order chi connectivity index (χ0) is 16.1. The van der Waals surface area contributed by atoms with Crippen LogP contribution in [-0.4, -0.2) is 36.4 Å². The second kappa shape index (κ2) is 5.33. The molecule has 1 fully saturated rings. The van der Waals surface area contributed by atoms with Crippen LogP contribution in [0.25, 0.3) is 10.1 Å². The summed E-state index contributed by atoms with van der Waals surface area (Å²) in [6.45, 7) is 4.00. The highest BCUT2D eigenvalue weighted by molar-refractivity contribution is 7.89. The third-order valence-corrected chi connectivity index (χ3v) is 7.57. The van der Waals surface area contributed by atoms with Crippen molar-refractivity contribution in [1.82, 2.24) is 4.31 Å². The van der Waals surface area contributed by atoms with Gasteiger partial charge < -0.3 is 5.11 Å². The van der Waals surface area contributed by atoms with E-state index >= 15 is 0 Å². The van der Waals surface area contributed by atoms with Gasteiger partial charge in [-0.2, -0.15) is 4.31 Å². The molecule has 1 aromatic heterocycles. The monoisotopic (exact) mass is 339 g/mol.